The summed E-state index contributed by atoms with van der Waals surface area (Å²) in [5, 5.41) is 0. The van der Waals surface area contributed by atoms with Gasteiger partial charge in [0.25, 0.3) is 0 Å². The van der Waals surface area contributed by atoms with Gasteiger partial charge in [0.15, 0.2) is 0 Å². The van der Waals surface area contributed by atoms with E-state index in [1.165, 1.54) is 6.07 Å². The van der Waals surface area contributed by atoms with Crippen LogP contribution in [0.2, 0.25) is 0 Å². The summed E-state index contributed by atoms with van der Waals surface area (Å²) < 4.78 is 24.1. The number of ether oxygens (including phenoxy) is 2. The van der Waals surface area contributed by atoms with Crippen molar-refractivity contribution in [2.24, 2.45) is 5.92 Å². The van der Waals surface area contributed by atoms with Crippen LogP contribution in [0.1, 0.15) is 25.3 Å². The third-order valence-electron chi connectivity index (χ3n) is 2.78. The minimum absolute atomic E-state index is 0.158. The molecule has 3 heteroatoms. The largest absolute Gasteiger partial charge is 0.493 e. The maximum Gasteiger partial charge on any atom is 0.126 e. The van der Waals surface area contributed by atoms with Crippen LogP contribution in [0.25, 0.3) is 0 Å². The highest BCUT2D eigenvalue weighted by Crippen LogP contribution is 2.24. The molecule has 0 N–H and O–H groups in total. The van der Waals surface area contributed by atoms with Gasteiger partial charge >= 0.3 is 0 Å². The summed E-state index contributed by atoms with van der Waals surface area (Å²) in [6.07, 6.45) is 0. The van der Waals surface area contributed by atoms with Crippen molar-refractivity contribution in [2.75, 3.05) is 19.8 Å². The van der Waals surface area contributed by atoms with Gasteiger partial charge in [-0.3, -0.25) is 0 Å². The maximum atomic E-state index is 13.4. The highest BCUT2D eigenvalue weighted by Gasteiger charge is 2.19. The molecule has 0 atom stereocenters. The van der Waals surface area contributed by atoms with Gasteiger partial charge in [-0.05, 0) is 29.7 Å². The molecule has 1 aliphatic heterocycles. The molecule has 0 radical (unpaired) electrons. The molecule has 0 aliphatic carbocycles. The van der Waals surface area contributed by atoms with Crippen molar-refractivity contribution >= 4 is 0 Å². The Kier molecular flexibility index (Phi) is 3.44. The molecule has 2 nitrogen and oxygen atoms in total. The predicted octanol–water partition coefficient (Wildman–Crippen LogP) is 2.97. The Hall–Kier alpha value is -1.09. The number of benzene rings is 1. The Labute approximate surface area is 95.4 Å². The Morgan fingerprint density at radius 2 is 2.19 bits per heavy atom. The summed E-state index contributed by atoms with van der Waals surface area (Å²) in [4.78, 5) is 0. The summed E-state index contributed by atoms with van der Waals surface area (Å²) in [5.74, 6) is 1.26. The van der Waals surface area contributed by atoms with Gasteiger partial charge in [-0.1, -0.05) is 13.8 Å². The van der Waals surface area contributed by atoms with Crippen LogP contribution in [-0.4, -0.2) is 19.8 Å². The van der Waals surface area contributed by atoms with E-state index in [-0.39, 0.29) is 11.7 Å². The molecular weight excluding hydrogens is 207 g/mol. The normalized spacial score (nSPS) is 16.2. The number of hydrogen-bond acceptors (Lipinski definition) is 2. The van der Waals surface area contributed by atoms with Gasteiger partial charge in [0.1, 0.15) is 11.6 Å². The van der Waals surface area contributed by atoms with E-state index in [4.69, 9.17) is 9.47 Å². The van der Waals surface area contributed by atoms with E-state index in [9.17, 15) is 4.39 Å². The Bertz CT molecular complexity index is 359. The van der Waals surface area contributed by atoms with E-state index in [1.54, 1.807) is 12.1 Å². The molecule has 1 fully saturated rings. The van der Waals surface area contributed by atoms with Gasteiger partial charge in [0.2, 0.25) is 0 Å². The molecular formula is C13H17FO2. The van der Waals surface area contributed by atoms with E-state index in [2.05, 4.69) is 0 Å². The first-order valence-electron chi connectivity index (χ1n) is 5.67. The van der Waals surface area contributed by atoms with E-state index < -0.39 is 0 Å². The minimum Gasteiger partial charge on any atom is -0.493 e. The molecule has 1 aromatic rings. The van der Waals surface area contributed by atoms with Crippen molar-refractivity contribution in [2.45, 2.75) is 19.8 Å². The van der Waals surface area contributed by atoms with Gasteiger partial charge in [0.05, 0.1) is 19.8 Å². The standard InChI is InChI=1S/C13H17FO2/c1-9(2)12-5-11(3-4-13(12)14)16-8-10-6-15-7-10/h3-5,9-10H,6-8H2,1-2H3. The van der Waals surface area contributed by atoms with E-state index in [0.717, 1.165) is 19.0 Å². The van der Waals surface area contributed by atoms with Gasteiger partial charge in [0, 0.05) is 5.92 Å². The van der Waals surface area contributed by atoms with Gasteiger partial charge < -0.3 is 9.47 Å². The van der Waals surface area contributed by atoms with Crippen LogP contribution in [0.5, 0.6) is 5.75 Å². The van der Waals surface area contributed by atoms with E-state index in [1.807, 2.05) is 13.8 Å². The molecule has 0 bridgehead atoms. The lowest BCUT2D eigenvalue weighted by Crippen LogP contribution is -2.32. The first-order chi connectivity index (χ1) is 7.66. The van der Waals surface area contributed by atoms with Crippen LogP contribution in [0.15, 0.2) is 18.2 Å². The number of hydrogen-bond donors (Lipinski definition) is 0. The van der Waals surface area contributed by atoms with Gasteiger partial charge in [-0.2, -0.15) is 0 Å². The molecule has 1 heterocycles. The van der Waals surface area contributed by atoms with E-state index >= 15 is 0 Å². The smallest absolute Gasteiger partial charge is 0.126 e. The predicted molar refractivity (Wildman–Crippen MR) is 60.3 cm³/mol. The summed E-state index contributed by atoms with van der Waals surface area (Å²) >= 11 is 0. The van der Waals surface area contributed by atoms with Crippen molar-refractivity contribution in [3.8, 4) is 5.75 Å². The fraction of sp³-hybridized carbons (Fsp3) is 0.538. The van der Waals surface area contributed by atoms with Crippen LogP contribution in [0, 0.1) is 11.7 Å². The van der Waals surface area contributed by atoms with Crippen molar-refractivity contribution in [1.29, 1.82) is 0 Å². The number of halogens is 1. The van der Waals surface area contributed by atoms with Crippen LogP contribution < -0.4 is 4.74 Å². The topological polar surface area (TPSA) is 18.5 Å². The van der Waals surface area contributed by atoms with Crippen LogP contribution in [-0.2, 0) is 4.74 Å². The van der Waals surface area contributed by atoms with Crippen molar-refractivity contribution < 1.29 is 13.9 Å². The SMILES string of the molecule is CC(C)c1cc(OCC2COC2)ccc1F. The average molecular weight is 224 g/mol. The summed E-state index contributed by atoms with van der Waals surface area (Å²) in [7, 11) is 0. The molecule has 0 aromatic heterocycles. The van der Waals surface area contributed by atoms with Crippen LogP contribution in [0.4, 0.5) is 4.39 Å². The molecule has 1 aliphatic rings. The fourth-order valence-corrected chi connectivity index (χ4v) is 1.65. The second-order valence-electron chi connectivity index (χ2n) is 4.55. The molecule has 2 rings (SSSR count). The summed E-state index contributed by atoms with van der Waals surface area (Å²) in [5.41, 5.74) is 0.711. The molecule has 0 amide bonds. The monoisotopic (exact) mass is 224 g/mol. The lowest BCUT2D eigenvalue weighted by atomic mass is 10.0. The van der Waals surface area contributed by atoms with Crippen LogP contribution >= 0.6 is 0 Å². The lowest BCUT2D eigenvalue weighted by molar-refractivity contribution is -0.0508. The Balaban J connectivity index is 2.00. The second-order valence-corrected chi connectivity index (χ2v) is 4.55. The third kappa shape index (κ3) is 2.53. The van der Waals surface area contributed by atoms with Crippen molar-refractivity contribution in [3.05, 3.63) is 29.6 Å². The third-order valence-corrected chi connectivity index (χ3v) is 2.78. The van der Waals surface area contributed by atoms with Crippen molar-refractivity contribution in [3.63, 3.8) is 0 Å². The zero-order valence-electron chi connectivity index (χ0n) is 9.70. The molecule has 1 aromatic carbocycles. The minimum atomic E-state index is -0.158. The number of rotatable bonds is 4. The zero-order valence-corrected chi connectivity index (χ0v) is 9.70. The zero-order chi connectivity index (χ0) is 11.5. The molecule has 1 saturated heterocycles. The Morgan fingerprint density at radius 3 is 2.75 bits per heavy atom. The van der Waals surface area contributed by atoms with Crippen molar-refractivity contribution in [1.82, 2.24) is 0 Å². The highest BCUT2D eigenvalue weighted by atomic mass is 19.1. The second kappa shape index (κ2) is 4.83. The molecule has 0 unspecified atom stereocenters. The first kappa shape index (κ1) is 11.4. The average Bonchev–Trinajstić information content (AvgIpc) is 2.17. The maximum absolute atomic E-state index is 13.4. The lowest BCUT2D eigenvalue weighted by Gasteiger charge is -2.25. The van der Waals surface area contributed by atoms with Crippen LogP contribution in [0.3, 0.4) is 0 Å². The molecule has 16 heavy (non-hydrogen) atoms. The molecule has 88 valence electrons. The quantitative estimate of drug-likeness (QED) is 0.782. The van der Waals surface area contributed by atoms with Gasteiger partial charge in [-0.15, -0.1) is 0 Å². The van der Waals surface area contributed by atoms with E-state index in [0.29, 0.717) is 18.1 Å². The first-order valence-corrected chi connectivity index (χ1v) is 5.67. The highest BCUT2D eigenvalue weighted by molar-refractivity contribution is 5.31. The molecule has 0 saturated carbocycles. The summed E-state index contributed by atoms with van der Waals surface area (Å²) in [6, 6.07) is 4.95. The summed E-state index contributed by atoms with van der Waals surface area (Å²) in [6.45, 7) is 6.16. The fourth-order valence-electron chi connectivity index (χ4n) is 1.65. The van der Waals surface area contributed by atoms with Gasteiger partial charge in [-0.25, -0.2) is 4.39 Å². The molecule has 0 spiro atoms. The Morgan fingerprint density at radius 1 is 1.44 bits per heavy atom.